The fourth-order valence-electron chi connectivity index (χ4n) is 2.67. The van der Waals surface area contributed by atoms with E-state index in [1.54, 1.807) is 14.2 Å². The van der Waals surface area contributed by atoms with Crippen molar-refractivity contribution in [3.63, 3.8) is 0 Å². The third kappa shape index (κ3) is 17.7. The molecule has 0 saturated heterocycles. The van der Waals surface area contributed by atoms with Gasteiger partial charge in [-0.3, -0.25) is 0 Å². The number of nitrogens with two attached hydrogens (primary N) is 2. The van der Waals surface area contributed by atoms with Gasteiger partial charge < -0.3 is 44.2 Å². The molecule has 0 aromatic rings. The quantitative estimate of drug-likeness (QED) is 0.154. The topological polar surface area (TPSA) is 122 Å². The highest BCUT2D eigenvalue weighted by Crippen LogP contribution is 2.17. The van der Waals surface area contributed by atoms with Crippen molar-refractivity contribution in [2.24, 2.45) is 11.5 Å². The summed E-state index contributed by atoms with van der Waals surface area (Å²) < 4.78 is 27.9. The summed E-state index contributed by atoms with van der Waals surface area (Å²) in [6, 6.07) is 1.85. The van der Waals surface area contributed by atoms with Crippen LogP contribution in [0.2, 0.25) is 18.6 Å². The maximum atomic E-state index is 5.81. The van der Waals surface area contributed by atoms with Crippen molar-refractivity contribution in [1.29, 1.82) is 0 Å². The van der Waals surface area contributed by atoms with E-state index in [-0.39, 0.29) is 0 Å². The van der Waals surface area contributed by atoms with Gasteiger partial charge in [0.2, 0.25) is 0 Å². The molecule has 0 aliphatic rings. The maximum absolute atomic E-state index is 5.81. The van der Waals surface area contributed by atoms with Crippen LogP contribution in [0.25, 0.3) is 0 Å². The van der Waals surface area contributed by atoms with Gasteiger partial charge in [-0.2, -0.15) is 0 Å². The van der Waals surface area contributed by atoms with Crippen molar-refractivity contribution in [1.82, 2.24) is 10.6 Å². The summed E-state index contributed by atoms with van der Waals surface area (Å²) in [6.07, 6.45) is 1.99. The van der Waals surface area contributed by atoms with Crippen LogP contribution in [-0.4, -0.2) is 90.7 Å². The van der Waals surface area contributed by atoms with Gasteiger partial charge in [-0.1, -0.05) is 0 Å². The predicted octanol–water partition coefficient (Wildman–Crippen LogP) is 1.26. The summed E-state index contributed by atoms with van der Waals surface area (Å²) in [5.41, 5.74) is 10.8. The number of nitrogens with one attached hydrogen (secondary N) is 2. The molecule has 30 heavy (non-hydrogen) atoms. The Morgan fingerprint density at radius 1 is 0.667 bits per heavy atom. The molecule has 0 atom stereocenters. The van der Waals surface area contributed by atoms with Crippen molar-refractivity contribution in [3.05, 3.63) is 0 Å². The molecule has 0 spiro atoms. The van der Waals surface area contributed by atoms with Gasteiger partial charge in [0.15, 0.2) is 0 Å². The van der Waals surface area contributed by atoms with E-state index >= 15 is 0 Å². The maximum Gasteiger partial charge on any atom is 0.500 e. The van der Waals surface area contributed by atoms with E-state index in [0.717, 1.165) is 57.7 Å². The van der Waals surface area contributed by atoms with Crippen LogP contribution in [0.3, 0.4) is 0 Å². The molecule has 184 valence electrons. The lowest BCUT2D eigenvalue weighted by Crippen LogP contribution is -2.46. The van der Waals surface area contributed by atoms with E-state index in [0.29, 0.717) is 26.4 Å². The molecule has 11 heteroatoms. The molecule has 0 amide bonds. The third-order valence-corrected chi connectivity index (χ3v) is 10.6. The monoisotopic (exact) mass is 470 g/mol. The molecule has 9 nitrogen and oxygen atoms in total. The molecule has 0 saturated carbocycles. The standard InChI is InChI=1S/C13H33N3O3Si.C6H17NO2Si/c1-4-17-20(18-5-2,19-6-3)13-7-9-15-11-12-16-10-8-14;1-8-10(3,9-2)6-4-5-7/h15-16H,4-14H2,1-3H3;4-7H2,1-3H3. The van der Waals surface area contributed by atoms with Gasteiger partial charge in [0.1, 0.15) is 0 Å². The largest absolute Gasteiger partial charge is 0.500 e. The predicted molar refractivity (Wildman–Crippen MR) is 129 cm³/mol. The second kappa shape index (κ2) is 22.3. The first-order valence-electron chi connectivity index (χ1n) is 11.3. The lowest BCUT2D eigenvalue weighted by Gasteiger charge is -2.28. The molecular formula is C19H50N4O5Si2. The van der Waals surface area contributed by atoms with Crippen LogP contribution in [0.4, 0.5) is 0 Å². The van der Waals surface area contributed by atoms with Gasteiger partial charge in [-0.05, 0) is 59.3 Å². The van der Waals surface area contributed by atoms with Crippen molar-refractivity contribution < 1.29 is 22.1 Å². The fourth-order valence-corrected chi connectivity index (χ4v) is 6.70. The summed E-state index contributed by atoms with van der Waals surface area (Å²) in [5, 5.41) is 6.65. The fraction of sp³-hybridized carbons (Fsp3) is 1.00. The van der Waals surface area contributed by atoms with E-state index in [1.807, 2.05) is 27.3 Å². The van der Waals surface area contributed by atoms with E-state index < -0.39 is 17.4 Å². The van der Waals surface area contributed by atoms with Crippen LogP contribution in [0.15, 0.2) is 0 Å². The number of hydrogen-bond donors (Lipinski definition) is 4. The van der Waals surface area contributed by atoms with Gasteiger partial charge in [0, 0.05) is 66.3 Å². The average molecular weight is 471 g/mol. The van der Waals surface area contributed by atoms with Crippen LogP contribution in [-0.2, 0) is 22.1 Å². The summed E-state index contributed by atoms with van der Waals surface area (Å²) >= 11 is 0. The molecule has 0 aliphatic heterocycles. The molecular weight excluding hydrogens is 420 g/mol. The van der Waals surface area contributed by atoms with Crippen molar-refractivity contribution in [3.8, 4) is 0 Å². The highest BCUT2D eigenvalue weighted by Gasteiger charge is 2.39. The zero-order valence-electron chi connectivity index (χ0n) is 20.4. The summed E-state index contributed by atoms with van der Waals surface area (Å²) in [5.74, 6) is 0. The molecule has 6 N–H and O–H groups in total. The lowest BCUT2D eigenvalue weighted by atomic mass is 10.4. The summed E-state index contributed by atoms with van der Waals surface area (Å²) in [7, 11) is -0.846. The first kappa shape index (κ1) is 32.3. The van der Waals surface area contributed by atoms with Gasteiger partial charge in [-0.15, -0.1) is 0 Å². The Bertz CT molecular complexity index is 340. The zero-order chi connectivity index (χ0) is 23.1. The van der Waals surface area contributed by atoms with Crippen molar-refractivity contribution in [2.45, 2.75) is 52.2 Å². The van der Waals surface area contributed by atoms with E-state index in [9.17, 15) is 0 Å². The Balaban J connectivity index is 0. The number of rotatable bonds is 20. The van der Waals surface area contributed by atoms with Gasteiger partial charge >= 0.3 is 17.4 Å². The molecule has 0 fully saturated rings. The van der Waals surface area contributed by atoms with Gasteiger partial charge in [0.25, 0.3) is 0 Å². The van der Waals surface area contributed by atoms with Crippen LogP contribution in [0.1, 0.15) is 33.6 Å². The molecule has 0 bridgehead atoms. The minimum atomic E-state index is -2.45. The Morgan fingerprint density at radius 2 is 1.17 bits per heavy atom. The van der Waals surface area contributed by atoms with Crippen molar-refractivity contribution in [2.75, 3.05) is 73.3 Å². The normalized spacial score (nSPS) is 12.0. The summed E-state index contributed by atoms with van der Waals surface area (Å²) in [6.45, 7) is 15.1. The minimum absolute atomic E-state index is 0.642. The Kier molecular flexibility index (Phi) is 23.9. The Labute approximate surface area is 187 Å². The molecule has 0 radical (unpaired) electrons. The summed E-state index contributed by atoms with van der Waals surface area (Å²) in [4.78, 5) is 0. The highest BCUT2D eigenvalue weighted by atomic mass is 28.4. The van der Waals surface area contributed by atoms with Crippen LogP contribution >= 0.6 is 0 Å². The molecule has 0 unspecified atom stereocenters. The third-order valence-electron chi connectivity index (χ3n) is 4.43. The molecule has 0 aliphatic carbocycles. The second-order valence-electron chi connectivity index (χ2n) is 6.81. The molecule has 0 aromatic carbocycles. The smallest absolute Gasteiger partial charge is 0.398 e. The average Bonchev–Trinajstić information content (AvgIpc) is 2.75. The van der Waals surface area contributed by atoms with Crippen LogP contribution < -0.4 is 22.1 Å². The SMILES string of the molecule is CCO[Si](CCCNCCNCCN)(OCC)OCC.CO[Si](C)(CCCN)OC. The van der Waals surface area contributed by atoms with E-state index in [4.69, 9.17) is 33.6 Å². The Morgan fingerprint density at radius 3 is 1.57 bits per heavy atom. The van der Waals surface area contributed by atoms with Crippen LogP contribution in [0, 0.1) is 0 Å². The highest BCUT2D eigenvalue weighted by molar-refractivity contribution is 6.65. The first-order chi connectivity index (χ1) is 14.4. The molecule has 0 rings (SSSR count). The second-order valence-corrected chi connectivity index (χ2v) is 13.1. The van der Waals surface area contributed by atoms with Crippen molar-refractivity contribution >= 4 is 17.4 Å². The van der Waals surface area contributed by atoms with Gasteiger partial charge in [-0.25, -0.2) is 0 Å². The Hall–Kier alpha value is 0.0738. The minimum Gasteiger partial charge on any atom is -0.398 e. The molecule has 0 heterocycles. The molecule has 0 aromatic heterocycles. The van der Waals surface area contributed by atoms with E-state index in [1.165, 1.54) is 0 Å². The van der Waals surface area contributed by atoms with Gasteiger partial charge in [0.05, 0.1) is 0 Å². The lowest BCUT2D eigenvalue weighted by molar-refractivity contribution is 0.0708. The number of hydrogen-bond acceptors (Lipinski definition) is 9. The zero-order valence-corrected chi connectivity index (χ0v) is 22.4. The first-order valence-corrected chi connectivity index (χ1v) is 15.7. The van der Waals surface area contributed by atoms with E-state index in [2.05, 4.69) is 10.6 Å². The van der Waals surface area contributed by atoms with Crippen LogP contribution in [0.5, 0.6) is 0 Å².